The van der Waals surface area contributed by atoms with Crippen LogP contribution in [0, 0.1) is 0 Å². The molecule has 0 bridgehead atoms. The highest BCUT2D eigenvalue weighted by atomic mass is 16.1. The molecule has 1 unspecified atom stereocenters. The Kier molecular flexibility index (Phi) is 3.52. The summed E-state index contributed by atoms with van der Waals surface area (Å²) in [5.41, 5.74) is 6.47. The van der Waals surface area contributed by atoms with Crippen molar-refractivity contribution in [2.24, 2.45) is 5.73 Å². The van der Waals surface area contributed by atoms with Gasteiger partial charge in [0.25, 0.3) is 0 Å². The minimum atomic E-state index is -0.0800. The summed E-state index contributed by atoms with van der Waals surface area (Å²) in [6, 6.07) is 3.74. The minimum absolute atomic E-state index is 0.00963. The summed E-state index contributed by atoms with van der Waals surface area (Å²) in [6.45, 7) is 2.35. The molecule has 0 fully saturated rings. The summed E-state index contributed by atoms with van der Waals surface area (Å²) in [6.07, 6.45) is 2.20. The Bertz CT molecular complexity index is 254. The van der Waals surface area contributed by atoms with Crippen molar-refractivity contribution in [3.8, 4) is 0 Å². The lowest BCUT2D eigenvalue weighted by molar-refractivity contribution is -0.121. The lowest BCUT2D eigenvalue weighted by Crippen LogP contribution is -2.29. The fourth-order valence-electron chi connectivity index (χ4n) is 1.04. The zero-order valence-electron chi connectivity index (χ0n) is 7.71. The number of aromatic amines is 1. The lowest BCUT2D eigenvalue weighted by atomic mass is 10.2. The van der Waals surface area contributed by atoms with E-state index in [1.807, 2.05) is 25.3 Å². The number of amides is 1. The Morgan fingerprint density at radius 1 is 1.77 bits per heavy atom. The average molecular weight is 181 g/mol. The summed E-state index contributed by atoms with van der Waals surface area (Å²) in [7, 11) is 0. The molecule has 1 amide bonds. The third-order valence-corrected chi connectivity index (χ3v) is 1.65. The number of carbonyl (C=O) groups excluding carboxylic acids is 1. The topological polar surface area (TPSA) is 70.9 Å². The maximum atomic E-state index is 11.1. The van der Waals surface area contributed by atoms with E-state index in [0.29, 0.717) is 13.0 Å². The average Bonchev–Trinajstić information content (AvgIpc) is 2.51. The molecule has 4 N–H and O–H groups in total. The number of carbonyl (C=O) groups is 1. The molecule has 0 saturated carbocycles. The largest absolute Gasteiger partial charge is 0.364 e. The van der Waals surface area contributed by atoms with Gasteiger partial charge >= 0.3 is 0 Å². The van der Waals surface area contributed by atoms with Gasteiger partial charge in [0.2, 0.25) is 5.91 Å². The van der Waals surface area contributed by atoms with E-state index < -0.39 is 0 Å². The van der Waals surface area contributed by atoms with Gasteiger partial charge in [-0.15, -0.1) is 0 Å². The number of hydrogen-bond donors (Lipinski definition) is 3. The third-order valence-electron chi connectivity index (χ3n) is 1.65. The monoisotopic (exact) mass is 181 g/mol. The molecular weight excluding hydrogens is 166 g/mol. The first-order valence-corrected chi connectivity index (χ1v) is 4.33. The van der Waals surface area contributed by atoms with Crippen molar-refractivity contribution in [2.75, 3.05) is 0 Å². The summed E-state index contributed by atoms with van der Waals surface area (Å²) in [5, 5.41) is 2.77. The number of rotatable bonds is 4. The van der Waals surface area contributed by atoms with Crippen LogP contribution in [-0.2, 0) is 11.3 Å². The van der Waals surface area contributed by atoms with Gasteiger partial charge in [-0.1, -0.05) is 0 Å². The van der Waals surface area contributed by atoms with Crippen LogP contribution in [0.25, 0.3) is 0 Å². The highest BCUT2D eigenvalue weighted by molar-refractivity contribution is 5.76. The van der Waals surface area contributed by atoms with Crippen LogP contribution in [0.5, 0.6) is 0 Å². The van der Waals surface area contributed by atoms with E-state index in [1.54, 1.807) is 0 Å². The van der Waals surface area contributed by atoms with Crippen LogP contribution >= 0.6 is 0 Å². The van der Waals surface area contributed by atoms with Gasteiger partial charge in [0.1, 0.15) is 0 Å². The van der Waals surface area contributed by atoms with Gasteiger partial charge < -0.3 is 16.0 Å². The Morgan fingerprint density at radius 3 is 3.08 bits per heavy atom. The van der Waals surface area contributed by atoms with E-state index in [4.69, 9.17) is 5.73 Å². The summed E-state index contributed by atoms with van der Waals surface area (Å²) in [5.74, 6) is -0.00963. The summed E-state index contributed by atoms with van der Waals surface area (Å²) < 4.78 is 0. The number of hydrogen-bond acceptors (Lipinski definition) is 2. The quantitative estimate of drug-likeness (QED) is 0.628. The van der Waals surface area contributed by atoms with Crippen LogP contribution in [-0.4, -0.2) is 16.9 Å². The first kappa shape index (κ1) is 9.80. The SMILES string of the molecule is CC(N)CC(=O)NCc1ccc[nH]1. The molecule has 0 aromatic carbocycles. The molecule has 1 aromatic heterocycles. The molecule has 72 valence electrons. The highest BCUT2D eigenvalue weighted by Gasteiger charge is 2.03. The molecule has 0 aliphatic rings. The maximum Gasteiger partial charge on any atom is 0.221 e. The van der Waals surface area contributed by atoms with Crippen LogP contribution in [0.1, 0.15) is 19.0 Å². The van der Waals surface area contributed by atoms with Crippen molar-refractivity contribution in [3.63, 3.8) is 0 Å². The van der Waals surface area contributed by atoms with Crippen LogP contribution < -0.4 is 11.1 Å². The van der Waals surface area contributed by atoms with Crippen LogP contribution in [0.4, 0.5) is 0 Å². The van der Waals surface area contributed by atoms with Gasteiger partial charge in [0.05, 0.1) is 6.54 Å². The molecular formula is C9H15N3O. The second kappa shape index (κ2) is 4.67. The second-order valence-corrected chi connectivity index (χ2v) is 3.15. The van der Waals surface area contributed by atoms with Gasteiger partial charge in [0.15, 0.2) is 0 Å². The van der Waals surface area contributed by atoms with Crippen molar-refractivity contribution >= 4 is 5.91 Å². The highest BCUT2D eigenvalue weighted by Crippen LogP contribution is 1.93. The number of H-pyrrole nitrogens is 1. The fourth-order valence-corrected chi connectivity index (χ4v) is 1.04. The lowest BCUT2D eigenvalue weighted by Gasteiger charge is -2.05. The van der Waals surface area contributed by atoms with Crippen molar-refractivity contribution < 1.29 is 4.79 Å². The van der Waals surface area contributed by atoms with Crippen LogP contribution in [0.3, 0.4) is 0 Å². The van der Waals surface area contributed by atoms with Crippen molar-refractivity contribution in [1.82, 2.24) is 10.3 Å². The van der Waals surface area contributed by atoms with Crippen LogP contribution in [0.2, 0.25) is 0 Å². The zero-order valence-corrected chi connectivity index (χ0v) is 7.71. The molecule has 4 nitrogen and oxygen atoms in total. The fraction of sp³-hybridized carbons (Fsp3) is 0.444. The van der Waals surface area contributed by atoms with Gasteiger partial charge in [-0.2, -0.15) is 0 Å². The van der Waals surface area contributed by atoms with Gasteiger partial charge in [-0.05, 0) is 19.1 Å². The molecule has 0 spiro atoms. The smallest absolute Gasteiger partial charge is 0.221 e. The van der Waals surface area contributed by atoms with Crippen LogP contribution in [0.15, 0.2) is 18.3 Å². The minimum Gasteiger partial charge on any atom is -0.364 e. The molecule has 0 aliphatic heterocycles. The Labute approximate surface area is 77.5 Å². The van der Waals surface area contributed by atoms with Crippen molar-refractivity contribution in [2.45, 2.75) is 25.9 Å². The van der Waals surface area contributed by atoms with E-state index in [2.05, 4.69) is 10.3 Å². The molecule has 1 heterocycles. The van der Waals surface area contributed by atoms with E-state index in [0.717, 1.165) is 5.69 Å². The molecule has 13 heavy (non-hydrogen) atoms. The zero-order chi connectivity index (χ0) is 9.68. The van der Waals surface area contributed by atoms with Gasteiger partial charge in [-0.25, -0.2) is 0 Å². The molecule has 0 saturated heterocycles. The van der Waals surface area contributed by atoms with E-state index >= 15 is 0 Å². The Balaban J connectivity index is 2.23. The molecule has 0 radical (unpaired) electrons. The molecule has 4 heteroatoms. The second-order valence-electron chi connectivity index (χ2n) is 3.15. The van der Waals surface area contributed by atoms with Gasteiger partial charge in [-0.3, -0.25) is 4.79 Å². The first-order chi connectivity index (χ1) is 6.18. The third kappa shape index (κ3) is 3.75. The predicted octanol–water partition coefficient (Wildman–Crippen LogP) is 0.368. The molecule has 0 aliphatic carbocycles. The number of nitrogens with two attached hydrogens (primary N) is 1. The Hall–Kier alpha value is -1.29. The molecule has 1 rings (SSSR count). The van der Waals surface area contributed by atoms with Crippen molar-refractivity contribution in [3.05, 3.63) is 24.0 Å². The first-order valence-electron chi connectivity index (χ1n) is 4.33. The Morgan fingerprint density at radius 2 is 2.54 bits per heavy atom. The van der Waals surface area contributed by atoms with Gasteiger partial charge in [0, 0.05) is 24.4 Å². The maximum absolute atomic E-state index is 11.1. The number of aromatic nitrogens is 1. The molecule has 1 atom stereocenters. The van der Waals surface area contributed by atoms with E-state index in [1.165, 1.54) is 0 Å². The summed E-state index contributed by atoms with van der Waals surface area (Å²) >= 11 is 0. The number of nitrogens with one attached hydrogen (secondary N) is 2. The standard InChI is InChI=1S/C9H15N3O/c1-7(10)5-9(13)12-6-8-3-2-4-11-8/h2-4,7,11H,5-6,10H2,1H3,(H,12,13). The van der Waals surface area contributed by atoms with E-state index in [9.17, 15) is 4.79 Å². The molecule has 1 aromatic rings. The summed E-state index contributed by atoms with van der Waals surface area (Å²) in [4.78, 5) is 14.1. The van der Waals surface area contributed by atoms with Crippen molar-refractivity contribution in [1.29, 1.82) is 0 Å². The normalized spacial score (nSPS) is 12.5. The van der Waals surface area contributed by atoms with E-state index in [-0.39, 0.29) is 11.9 Å². The predicted molar refractivity (Wildman–Crippen MR) is 50.9 cm³/mol.